The van der Waals surface area contributed by atoms with Crippen LogP contribution in [-0.4, -0.2) is 42.0 Å². The quantitative estimate of drug-likeness (QED) is 0.739. The normalized spacial score (nSPS) is 14.9. The summed E-state index contributed by atoms with van der Waals surface area (Å²) in [7, 11) is 1.18. The Morgan fingerprint density at radius 3 is 2.06 bits per heavy atom. The Morgan fingerprint density at radius 1 is 1.22 bits per heavy atom. The van der Waals surface area contributed by atoms with E-state index in [0.717, 1.165) is 0 Å². The zero-order valence-electron chi connectivity index (χ0n) is 11.8. The largest absolute Gasteiger partial charge is 0.467 e. The van der Waals surface area contributed by atoms with Crippen LogP contribution in [0.15, 0.2) is 0 Å². The van der Waals surface area contributed by atoms with Gasteiger partial charge in [-0.3, -0.25) is 0 Å². The average Bonchev–Trinajstić information content (AvgIpc) is 2.20. The van der Waals surface area contributed by atoms with Gasteiger partial charge in [0.1, 0.15) is 5.60 Å². The smallest absolute Gasteiger partial charge is 0.407 e. The first kappa shape index (κ1) is 16.7. The van der Waals surface area contributed by atoms with Crippen LogP contribution in [-0.2, 0) is 14.3 Å². The van der Waals surface area contributed by atoms with Crippen molar-refractivity contribution >= 4 is 12.1 Å². The standard InChI is InChI=1S/C12H23NO5/c1-7(2)8(9(14)10(15)17-6)13-11(16)18-12(3,4)5/h7-9,14H,1-6H3,(H,13,16)/t8-,9-/m0/s1. The number of hydrogen-bond donors (Lipinski definition) is 2. The van der Waals surface area contributed by atoms with Crippen molar-refractivity contribution in [3.05, 3.63) is 0 Å². The predicted octanol–water partition coefficient (Wildman–Crippen LogP) is 1.07. The fourth-order valence-electron chi connectivity index (χ4n) is 1.32. The second-order valence-electron chi connectivity index (χ2n) is 5.38. The Morgan fingerprint density at radius 2 is 1.72 bits per heavy atom. The van der Waals surface area contributed by atoms with Crippen LogP contribution in [0.5, 0.6) is 0 Å². The first-order chi connectivity index (χ1) is 8.08. The Hall–Kier alpha value is -1.30. The van der Waals surface area contributed by atoms with E-state index in [4.69, 9.17) is 4.74 Å². The number of aliphatic hydroxyl groups is 1. The van der Waals surface area contributed by atoms with Crippen LogP contribution in [0.3, 0.4) is 0 Å². The van der Waals surface area contributed by atoms with Crippen molar-refractivity contribution in [3.8, 4) is 0 Å². The van der Waals surface area contributed by atoms with Gasteiger partial charge in [0, 0.05) is 0 Å². The summed E-state index contributed by atoms with van der Waals surface area (Å²) in [5, 5.41) is 12.2. The summed E-state index contributed by atoms with van der Waals surface area (Å²) in [4.78, 5) is 22.9. The molecule has 0 fully saturated rings. The number of alkyl carbamates (subject to hydrolysis) is 1. The number of nitrogens with one attached hydrogen (secondary N) is 1. The van der Waals surface area contributed by atoms with E-state index in [9.17, 15) is 14.7 Å². The molecule has 0 saturated heterocycles. The number of amides is 1. The second-order valence-corrected chi connectivity index (χ2v) is 5.38. The lowest BCUT2D eigenvalue weighted by molar-refractivity contribution is -0.152. The first-order valence-electron chi connectivity index (χ1n) is 5.84. The second kappa shape index (κ2) is 6.58. The van der Waals surface area contributed by atoms with Crippen LogP contribution in [0.25, 0.3) is 0 Å². The zero-order valence-corrected chi connectivity index (χ0v) is 11.8. The van der Waals surface area contributed by atoms with Gasteiger partial charge in [-0.15, -0.1) is 0 Å². The van der Waals surface area contributed by atoms with Crippen molar-refractivity contribution in [1.82, 2.24) is 5.32 Å². The van der Waals surface area contributed by atoms with Crippen LogP contribution in [0.2, 0.25) is 0 Å². The monoisotopic (exact) mass is 261 g/mol. The first-order valence-corrected chi connectivity index (χ1v) is 5.84. The molecule has 2 N–H and O–H groups in total. The van der Waals surface area contributed by atoms with Gasteiger partial charge >= 0.3 is 12.1 Å². The van der Waals surface area contributed by atoms with Crippen molar-refractivity contribution in [2.24, 2.45) is 5.92 Å². The predicted molar refractivity (Wildman–Crippen MR) is 66.0 cm³/mol. The summed E-state index contributed by atoms with van der Waals surface area (Å²) in [5.74, 6) is -0.934. The molecule has 0 aromatic heterocycles. The highest BCUT2D eigenvalue weighted by Crippen LogP contribution is 2.11. The van der Waals surface area contributed by atoms with Gasteiger partial charge in [-0.2, -0.15) is 0 Å². The fraction of sp³-hybridized carbons (Fsp3) is 0.833. The highest BCUT2D eigenvalue weighted by Gasteiger charge is 2.32. The third kappa shape index (κ3) is 5.86. The highest BCUT2D eigenvalue weighted by molar-refractivity contribution is 5.77. The van der Waals surface area contributed by atoms with Crippen LogP contribution in [0.4, 0.5) is 4.79 Å². The molecule has 0 aliphatic rings. The van der Waals surface area contributed by atoms with E-state index < -0.39 is 29.8 Å². The SMILES string of the molecule is COC(=O)[C@@H](O)[C@@H](NC(=O)OC(C)(C)C)C(C)C. The van der Waals surface area contributed by atoms with E-state index in [1.807, 2.05) is 0 Å². The molecule has 0 aromatic rings. The van der Waals surface area contributed by atoms with Gasteiger partial charge in [-0.1, -0.05) is 13.8 Å². The number of carbonyl (C=O) groups excluding carboxylic acids is 2. The summed E-state index contributed by atoms with van der Waals surface area (Å²) in [6, 6.07) is -0.757. The maximum Gasteiger partial charge on any atom is 0.407 e. The molecular weight excluding hydrogens is 238 g/mol. The minimum absolute atomic E-state index is 0.147. The van der Waals surface area contributed by atoms with E-state index in [1.165, 1.54) is 7.11 Å². The van der Waals surface area contributed by atoms with Crippen molar-refractivity contribution < 1.29 is 24.2 Å². The molecule has 0 aliphatic carbocycles. The number of ether oxygens (including phenoxy) is 2. The van der Waals surface area contributed by atoms with Gasteiger partial charge in [0.15, 0.2) is 6.10 Å². The van der Waals surface area contributed by atoms with Gasteiger partial charge in [-0.25, -0.2) is 9.59 Å². The molecule has 2 atom stereocenters. The van der Waals surface area contributed by atoms with Gasteiger partial charge in [0.2, 0.25) is 0 Å². The lowest BCUT2D eigenvalue weighted by atomic mass is 9.99. The van der Waals surface area contributed by atoms with Crippen molar-refractivity contribution in [2.45, 2.75) is 52.4 Å². The van der Waals surface area contributed by atoms with Crippen LogP contribution in [0, 0.1) is 5.92 Å². The average molecular weight is 261 g/mol. The summed E-state index contributed by atoms with van der Waals surface area (Å²) in [5.41, 5.74) is -0.637. The number of rotatable bonds is 4. The molecule has 0 spiro atoms. The maximum absolute atomic E-state index is 11.6. The number of carbonyl (C=O) groups is 2. The minimum Gasteiger partial charge on any atom is -0.467 e. The number of aliphatic hydroxyl groups excluding tert-OH is 1. The minimum atomic E-state index is -1.41. The Labute approximate surface area is 108 Å². The van der Waals surface area contributed by atoms with E-state index in [-0.39, 0.29) is 5.92 Å². The van der Waals surface area contributed by atoms with Crippen LogP contribution in [0.1, 0.15) is 34.6 Å². The molecule has 0 heterocycles. The summed E-state index contributed by atoms with van der Waals surface area (Å²) < 4.78 is 9.51. The summed E-state index contributed by atoms with van der Waals surface area (Å²) in [6.45, 7) is 8.73. The molecule has 0 rings (SSSR count). The summed E-state index contributed by atoms with van der Waals surface area (Å²) >= 11 is 0. The molecule has 0 bridgehead atoms. The Bertz CT molecular complexity index is 295. The lowest BCUT2D eigenvalue weighted by Crippen LogP contribution is -2.51. The van der Waals surface area contributed by atoms with E-state index in [0.29, 0.717) is 0 Å². The number of methoxy groups -OCH3 is 1. The van der Waals surface area contributed by atoms with Crippen molar-refractivity contribution in [1.29, 1.82) is 0 Å². The van der Waals surface area contributed by atoms with Crippen molar-refractivity contribution in [3.63, 3.8) is 0 Å². The topological polar surface area (TPSA) is 84.9 Å². The molecular formula is C12H23NO5. The molecule has 0 aromatic carbocycles. The lowest BCUT2D eigenvalue weighted by Gasteiger charge is -2.27. The molecule has 6 nitrogen and oxygen atoms in total. The van der Waals surface area contributed by atoms with E-state index in [1.54, 1.807) is 34.6 Å². The third-order valence-corrected chi connectivity index (χ3v) is 2.18. The number of esters is 1. The molecule has 18 heavy (non-hydrogen) atoms. The zero-order chi connectivity index (χ0) is 14.5. The highest BCUT2D eigenvalue weighted by atomic mass is 16.6. The Kier molecular flexibility index (Phi) is 6.11. The van der Waals surface area contributed by atoms with Gasteiger partial charge in [-0.05, 0) is 26.7 Å². The fourth-order valence-corrected chi connectivity index (χ4v) is 1.32. The van der Waals surface area contributed by atoms with Gasteiger partial charge < -0.3 is 19.9 Å². The molecule has 0 radical (unpaired) electrons. The number of hydrogen-bond acceptors (Lipinski definition) is 5. The van der Waals surface area contributed by atoms with Crippen molar-refractivity contribution in [2.75, 3.05) is 7.11 Å². The molecule has 0 saturated carbocycles. The van der Waals surface area contributed by atoms with Gasteiger partial charge in [0.05, 0.1) is 13.2 Å². The van der Waals surface area contributed by atoms with Crippen LogP contribution >= 0.6 is 0 Å². The maximum atomic E-state index is 11.6. The molecule has 0 aliphatic heterocycles. The van der Waals surface area contributed by atoms with E-state index in [2.05, 4.69) is 10.1 Å². The summed E-state index contributed by atoms with van der Waals surface area (Å²) in [6.07, 6.45) is -2.09. The third-order valence-electron chi connectivity index (χ3n) is 2.18. The molecule has 0 unspecified atom stereocenters. The van der Waals surface area contributed by atoms with Crippen LogP contribution < -0.4 is 5.32 Å². The van der Waals surface area contributed by atoms with Gasteiger partial charge in [0.25, 0.3) is 0 Å². The van der Waals surface area contributed by atoms with E-state index >= 15 is 0 Å². The molecule has 106 valence electrons. The molecule has 1 amide bonds. The Balaban J connectivity index is 4.64. The molecule has 6 heteroatoms.